The zero-order valence-corrected chi connectivity index (χ0v) is 11.3. The summed E-state index contributed by atoms with van der Waals surface area (Å²) in [4.78, 5) is 13.7. The number of benzene rings is 1. The van der Waals surface area contributed by atoms with E-state index in [0.717, 1.165) is 24.3 Å². The molecule has 0 unspecified atom stereocenters. The molecular formula is C14H21N3O. The Hall–Kier alpha value is -1.97. The standard InChI is InChI=1S/C14H21N3O/c1-5-15-14(18)16-13-9-8-12(10-11(13)4)17(6-2)7-3/h5,8-10H,1,6-7H2,2-4H3,(H2,15,16,18). The lowest BCUT2D eigenvalue weighted by molar-refractivity contribution is 0.255. The summed E-state index contributed by atoms with van der Waals surface area (Å²) in [6.07, 6.45) is 1.36. The van der Waals surface area contributed by atoms with Gasteiger partial charge in [0.2, 0.25) is 0 Å². The summed E-state index contributed by atoms with van der Waals surface area (Å²) in [6, 6.07) is 5.75. The van der Waals surface area contributed by atoms with Crippen LogP contribution >= 0.6 is 0 Å². The maximum Gasteiger partial charge on any atom is 0.323 e. The Bertz CT molecular complexity index is 425. The summed E-state index contributed by atoms with van der Waals surface area (Å²) in [5, 5.41) is 5.26. The number of carbonyl (C=O) groups is 1. The molecule has 0 saturated heterocycles. The predicted octanol–water partition coefficient (Wildman–Crippen LogP) is 3.11. The fourth-order valence-electron chi connectivity index (χ4n) is 1.82. The second kappa shape index (κ2) is 6.69. The first-order chi connectivity index (χ1) is 8.62. The third-order valence-electron chi connectivity index (χ3n) is 2.82. The number of amides is 2. The number of nitrogens with zero attached hydrogens (tertiary/aromatic N) is 1. The van der Waals surface area contributed by atoms with Crippen molar-refractivity contribution in [2.45, 2.75) is 20.8 Å². The van der Waals surface area contributed by atoms with Crippen LogP contribution in [0.25, 0.3) is 0 Å². The van der Waals surface area contributed by atoms with Gasteiger partial charge in [0.05, 0.1) is 0 Å². The normalized spacial score (nSPS) is 9.72. The number of nitrogens with one attached hydrogen (secondary N) is 2. The number of rotatable bonds is 5. The van der Waals surface area contributed by atoms with E-state index in [9.17, 15) is 4.79 Å². The lowest BCUT2D eigenvalue weighted by Crippen LogP contribution is -2.24. The largest absolute Gasteiger partial charge is 0.372 e. The second-order valence-electron chi connectivity index (χ2n) is 3.97. The van der Waals surface area contributed by atoms with E-state index in [1.807, 2.05) is 19.1 Å². The number of hydrogen-bond acceptors (Lipinski definition) is 2. The minimum absolute atomic E-state index is 0.274. The Kier molecular flexibility index (Phi) is 5.24. The Labute approximate surface area is 109 Å². The zero-order chi connectivity index (χ0) is 13.5. The molecule has 0 aliphatic carbocycles. The van der Waals surface area contributed by atoms with E-state index >= 15 is 0 Å². The summed E-state index contributed by atoms with van der Waals surface area (Å²) in [5.41, 5.74) is 3.02. The van der Waals surface area contributed by atoms with E-state index in [2.05, 4.69) is 42.0 Å². The molecule has 0 atom stereocenters. The number of urea groups is 1. The topological polar surface area (TPSA) is 44.4 Å². The number of carbonyl (C=O) groups excluding carboxylic acids is 1. The van der Waals surface area contributed by atoms with Crippen molar-refractivity contribution in [1.82, 2.24) is 5.32 Å². The molecule has 0 fully saturated rings. The SMILES string of the molecule is C=CNC(=O)Nc1ccc(N(CC)CC)cc1C. The van der Waals surface area contributed by atoms with Crippen molar-refractivity contribution in [3.8, 4) is 0 Å². The van der Waals surface area contributed by atoms with Gasteiger partial charge in [-0.3, -0.25) is 0 Å². The van der Waals surface area contributed by atoms with Crippen LogP contribution in [0.4, 0.5) is 16.2 Å². The van der Waals surface area contributed by atoms with Crippen LogP contribution in [-0.2, 0) is 0 Å². The molecule has 4 heteroatoms. The first-order valence-corrected chi connectivity index (χ1v) is 6.16. The highest BCUT2D eigenvalue weighted by molar-refractivity contribution is 5.90. The van der Waals surface area contributed by atoms with Gasteiger partial charge in [-0.05, 0) is 50.7 Å². The molecule has 2 N–H and O–H groups in total. The van der Waals surface area contributed by atoms with Gasteiger partial charge in [0, 0.05) is 24.5 Å². The Morgan fingerprint density at radius 3 is 2.56 bits per heavy atom. The number of anilines is 2. The van der Waals surface area contributed by atoms with Gasteiger partial charge in [0.1, 0.15) is 0 Å². The smallest absolute Gasteiger partial charge is 0.323 e. The molecule has 0 aromatic heterocycles. The molecule has 0 saturated carbocycles. The molecular weight excluding hydrogens is 226 g/mol. The highest BCUT2D eigenvalue weighted by atomic mass is 16.2. The molecule has 4 nitrogen and oxygen atoms in total. The Balaban J connectivity index is 2.85. The first-order valence-electron chi connectivity index (χ1n) is 6.16. The van der Waals surface area contributed by atoms with Crippen LogP contribution in [0.1, 0.15) is 19.4 Å². The average Bonchev–Trinajstić information content (AvgIpc) is 2.34. The summed E-state index contributed by atoms with van der Waals surface area (Å²) in [7, 11) is 0. The van der Waals surface area contributed by atoms with Crippen LogP contribution in [-0.4, -0.2) is 19.1 Å². The molecule has 0 bridgehead atoms. The van der Waals surface area contributed by atoms with E-state index in [1.54, 1.807) is 0 Å². The summed E-state index contributed by atoms with van der Waals surface area (Å²) < 4.78 is 0. The van der Waals surface area contributed by atoms with Crippen LogP contribution in [0.3, 0.4) is 0 Å². The maximum atomic E-state index is 11.4. The Morgan fingerprint density at radius 1 is 1.39 bits per heavy atom. The van der Waals surface area contributed by atoms with E-state index in [1.165, 1.54) is 11.9 Å². The predicted molar refractivity (Wildman–Crippen MR) is 77.1 cm³/mol. The van der Waals surface area contributed by atoms with Gasteiger partial charge >= 0.3 is 6.03 Å². The molecule has 18 heavy (non-hydrogen) atoms. The van der Waals surface area contributed by atoms with Crippen molar-refractivity contribution in [2.24, 2.45) is 0 Å². The third kappa shape index (κ3) is 3.52. The maximum absolute atomic E-state index is 11.4. The highest BCUT2D eigenvalue weighted by Crippen LogP contribution is 2.22. The first kappa shape index (κ1) is 14.1. The van der Waals surface area contributed by atoms with Crippen molar-refractivity contribution in [3.05, 3.63) is 36.5 Å². The molecule has 1 aromatic carbocycles. The zero-order valence-electron chi connectivity index (χ0n) is 11.3. The van der Waals surface area contributed by atoms with E-state index in [4.69, 9.17) is 0 Å². The van der Waals surface area contributed by atoms with Gasteiger partial charge in [-0.15, -0.1) is 0 Å². The monoisotopic (exact) mass is 247 g/mol. The molecule has 0 aliphatic rings. The lowest BCUT2D eigenvalue weighted by atomic mass is 10.1. The van der Waals surface area contributed by atoms with Crippen molar-refractivity contribution >= 4 is 17.4 Å². The molecule has 98 valence electrons. The highest BCUT2D eigenvalue weighted by Gasteiger charge is 2.06. The van der Waals surface area contributed by atoms with Gasteiger partial charge < -0.3 is 15.5 Å². The quantitative estimate of drug-likeness (QED) is 0.839. The van der Waals surface area contributed by atoms with Crippen molar-refractivity contribution in [2.75, 3.05) is 23.3 Å². The number of aryl methyl sites for hydroxylation is 1. The molecule has 1 aromatic rings. The van der Waals surface area contributed by atoms with Gasteiger partial charge in [-0.2, -0.15) is 0 Å². The molecule has 0 aliphatic heterocycles. The van der Waals surface area contributed by atoms with Crippen LogP contribution in [0.2, 0.25) is 0 Å². The fraction of sp³-hybridized carbons (Fsp3) is 0.357. The molecule has 0 radical (unpaired) electrons. The van der Waals surface area contributed by atoms with Gasteiger partial charge in [0.15, 0.2) is 0 Å². The van der Waals surface area contributed by atoms with Gasteiger partial charge in [-0.1, -0.05) is 6.58 Å². The minimum atomic E-state index is -0.274. The molecule has 0 spiro atoms. The van der Waals surface area contributed by atoms with Crippen LogP contribution in [0.15, 0.2) is 31.0 Å². The fourth-order valence-corrected chi connectivity index (χ4v) is 1.82. The van der Waals surface area contributed by atoms with Crippen molar-refractivity contribution < 1.29 is 4.79 Å². The molecule has 2 amide bonds. The van der Waals surface area contributed by atoms with E-state index in [0.29, 0.717) is 0 Å². The summed E-state index contributed by atoms with van der Waals surface area (Å²) in [5.74, 6) is 0. The lowest BCUT2D eigenvalue weighted by Gasteiger charge is -2.22. The van der Waals surface area contributed by atoms with Gasteiger partial charge in [0.25, 0.3) is 0 Å². The average molecular weight is 247 g/mol. The molecule has 0 heterocycles. The second-order valence-corrected chi connectivity index (χ2v) is 3.97. The summed E-state index contributed by atoms with van der Waals surface area (Å²) in [6.45, 7) is 11.6. The van der Waals surface area contributed by atoms with E-state index < -0.39 is 0 Å². The van der Waals surface area contributed by atoms with Crippen LogP contribution in [0, 0.1) is 6.92 Å². The number of hydrogen-bond donors (Lipinski definition) is 2. The molecule has 1 rings (SSSR count). The summed E-state index contributed by atoms with van der Waals surface area (Å²) >= 11 is 0. The van der Waals surface area contributed by atoms with Gasteiger partial charge in [-0.25, -0.2) is 4.79 Å². The van der Waals surface area contributed by atoms with Crippen LogP contribution < -0.4 is 15.5 Å². The van der Waals surface area contributed by atoms with Crippen molar-refractivity contribution in [1.29, 1.82) is 0 Å². The van der Waals surface area contributed by atoms with E-state index in [-0.39, 0.29) is 6.03 Å². The van der Waals surface area contributed by atoms with Crippen molar-refractivity contribution in [3.63, 3.8) is 0 Å². The van der Waals surface area contributed by atoms with Crippen LogP contribution in [0.5, 0.6) is 0 Å². The third-order valence-corrected chi connectivity index (χ3v) is 2.82. The minimum Gasteiger partial charge on any atom is -0.372 e. The Morgan fingerprint density at radius 2 is 2.06 bits per heavy atom.